The smallest absolute Gasteiger partial charge is 0.339 e. The Balaban J connectivity index is 1.70. The monoisotopic (exact) mass is 495 g/mol. The van der Waals surface area contributed by atoms with Crippen LogP contribution < -0.4 is 20.5 Å². The lowest BCUT2D eigenvalue weighted by Crippen LogP contribution is -2.43. The van der Waals surface area contributed by atoms with Crippen LogP contribution in [-0.4, -0.2) is 52.9 Å². The van der Waals surface area contributed by atoms with Crippen LogP contribution in [0.1, 0.15) is 58.7 Å². The number of fused-ring (bicyclic) bond motifs is 1. The molecule has 0 aliphatic rings. The molecule has 192 valence electrons. The summed E-state index contributed by atoms with van der Waals surface area (Å²) in [5.41, 5.74) is 8.43. The quantitative estimate of drug-likeness (QED) is 0.315. The fraction of sp³-hybridized carbons (Fsp3) is 0.370. The Kier molecular flexibility index (Phi) is 8.37. The molecule has 0 radical (unpaired) electrons. The van der Waals surface area contributed by atoms with E-state index >= 15 is 0 Å². The van der Waals surface area contributed by atoms with Gasteiger partial charge in [-0.25, -0.2) is 4.79 Å². The van der Waals surface area contributed by atoms with E-state index in [1.807, 2.05) is 32.0 Å². The third kappa shape index (κ3) is 6.04. The van der Waals surface area contributed by atoms with E-state index in [2.05, 4.69) is 10.3 Å². The van der Waals surface area contributed by atoms with Gasteiger partial charge in [0.15, 0.2) is 11.5 Å². The molecular formula is C27H33N3O6. The van der Waals surface area contributed by atoms with Crippen molar-refractivity contribution in [1.29, 1.82) is 0 Å². The van der Waals surface area contributed by atoms with Crippen molar-refractivity contribution in [3.05, 3.63) is 58.8 Å². The van der Waals surface area contributed by atoms with Crippen molar-refractivity contribution in [1.82, 2.24) is 10.3 Å². The van der Waals surface area contributed by atoms with Crippen molar-refractivity contribution in [2.75, 3.05) is 26.1 Å². The summed E-state index contributed by atoms with van der Waals surface area (Å²) in [5, 5.41) is 22.2. The molecule has 0 aliphatic heterocycles. The number of nitrogen functional groups attached to an aromatic ring is 1. The van der Waals surface area contributed by atoms with Crippen LogP contribution in [0.2, 0.25) is 0 Å². The number of amides is 1. The number of methoxy groups -OCH3 is 1. The summed E-state index contributed by atoms with van der Waals surface area (Å²) in [6.45, 7) is 5.55. The molecule has 0 atom stereocenters. The van der Waals surface area contributed by atoms with Crippen LogP contribution in [0.15, 0.2) is 36.4 Å². The van der Waals surface area contributed by atoms with Crippen molar-refractivity contribution >= 4 is 28.5 Å². The van der Waals surface area contributed by atoms with Crippen LogP contribution in [0.25, 0.3) is 10.9 Å². The fourth-order valence-corrected chi connectivity index (χ4v) is 4.27. The molecule has 2 aromatic carbocycles. The van der Waals surface area contributed by atoms with Crippen LogP contribution in [0, 0.1) is 6.92 Å². The number of carbonyl (C=O) groups is 2. The molecule has 0 bridgehead atoms. The highest BCUT2D eigenvalue weighted by Gasteiger charge is 2.23. The zero-order valence-corrected chi connectivity index (χ0v) is 21.1. The van der Waals surface area contributed by atoms with E-state index in [4.69, 9.17) is 20.3 Å². The van der Waals surface area contributed by atoms with Crippen LogP contribution in [0.5, 0.6) is 11.5 Å². The van der Waals surface area contributed by atoms with Gasteiger partial charge in [0.1, 0.15) is 12.2 Å². The number of hydrogen-bond donors (Lipinski definition) is 4. The molecule has 36 heavy (non-hydrogen) atoms. The molecule has 1 aromatic heterocycles. The summed E-state index contributed by atoms with van der Waals surface area (Å²) in [5.74, 6) is -0.477. The van der Waals surface area contributed by atoms with Crippen LogP contribution in [-0.2, 0) is 6.42 Å². The van der Waals surface area contributed by atoms with Crippen molar-refractivity contribution in [3.63, 3.8) is 0 Å². The van der Waals surface area contributed by atoms with Gasteiger partial charge < -0.3 is 30.7 Å². The largest absolute Gasteiger partial charge is 0.493 e. The summed E-state index contributed by atoms with van der Waals surface area (Å²) in [4.78, 5) is 29.0. The standard InChI is InChI=1S/C27H33N3O6/c1-16-22(26(33)34)24(28)23-17(7-5-9-19(23)29-16)8-6-12-27(2,3)30-25(32)18-10-11-20(36-14-13-31)21(15-18)35-4/h5,7,9-11,15,31H,6,8,12-14H2,1-4H3,(H2,28,29)(H,30,32)(H,33,34). The number of aromatic nitrogens is 1. The maximum Gasteiger partial charge on any atom is 0.339 e. The number of hydrogen-bond acceptors (Lipinski definition) is 7. The maximum absolute atomic E-state index is 12.9. The molecule has 1 amide bonds. The third-order valence-electron chi connectivity index (χ3n) is 6.01. The van der Waals surface area contributed by atoms with Gasteiger partial charge in [0.25, 0.3) is 5.91 Å². The highest BCUT2D eigenvalue weighted by atomic mass is 16.5. The number of carboxylic acid groups (broad SMARTS) is 1. The second kappa shape index (κ2) is 11.3. The van der Waals surface area contributed by atoms with Crippen LogP contribution in [0.4, 0.5) is 5.69 Å². The molecule has 0 spiro atoms. The molecule has 1 heterocycles. The van der Waals surface area contributed by atoms with E-state index in [1.54, 1.807) is 25.1 Å². The normalized spacial score (nSPS) is 11.4. The summed E-state index contributed by atoms with van der Waals surface area (Å²) >= 11 is 0. The Hall–Kier alpha value is -3.85. The summed E-state index contributed by atoms with van der Waals surface area (Å²) in [7, 11) is 1.49. The lowest BCUT2D eigenvalue weighted by atomic mass is 9.93. The molecule has 0 aliphatic carbocycles. The number of carboxylic acids is 1. The van der Waals surface area contributed by atoms with Gasteiger partial charge in [-0.2, -0.15) is 0 Å². The molecule has 0 saturated carbocycles. The number of ether oxygens (including phenoxy) is 2. The number of carbonyl (C=O) groups excluding carboxylic acids is 1. The molecule has 3 rings (SSSR count). The van der Waals surface area contributed by atoms with Crippen LogP contribution >= 0.6 is 0 Å². The van der Waals surface area contributed by atoms with Crippen molar-refractivity contribution < 1.29 is 29.3 Å². The highest BCUT2D eigenvalue weighted by Crippen LogP contribution is 2.31. The first-order valence-electron chi connectivity index (χ1n) is 11.7. The number of nitrogens with two attached hydrogens (primary N) is 1. The van der Waals surface area contributed by atoms with Gasteiger partial charge in [-0.3, -0.25) is 9.78 Å². The zero-order chi connectivity index (χ0) is 26.5. The molecule has 9 heteroatoms. The second-order valence-electron chi connectivity index (χ2n) is 9.23. The molecule has 3 aromatic rings. The predicted octanol–water partition coefficient (Wildman–Crippen LogP) is 3.73. The summed E-state index contributed by atoms with van der Waals surface area (Å²) in [6.07, 6.45) is 2.06. The zero-order valence-electron chi connectivity index (χ0n) is 21.1. The summed E-state index contributed by atoms with van der Waals surface area (Å²) in [6, 6.07) is 10.5. The van der Waals surface area contributed by atoms with Crippen molar-refractivity contribution in [2.45, 2.75) is 45.6 Å². The lowest BCUT2D eigenvalue weighted by molar-refractivity contribution is 0.0696. The molecular weight excluding hydrogens is 462 g/mol. The SMILES string of the molecule is COc1cc(C(=O)NC(C)(C)CCCc2cccc3nc(C)c(C(=O)O)c(N)c23)ccc1OCCO. The number of benzene rings is 2. The Morgan fingerprint density at radius 2 is 1.92 bits per heavy atom. The Labute approximate surface area is 210 Å². The average Bonchev–Trinajstić information content (AvgIpc) is 2.81. The highest BCUT2D eigenvalue weighted by molar-refractivity contribution is 6.05. The van der Waals surface area contributed by atoms with Gasteiger partial charge >= 0.3 is 5.97 Å². The molecule has 5 N–H and O–H groups in total. The van der Waals surface area contributed by atoms with Crippen LogP contribution in [0.3, 0.4) is 0 Å². The van der Waals surface area contributed by atoms with Gasteiger partial charge in [-0.05, 0) is 69.9 Å². The van der Waals surface area contributed by atoms with E-state index in [9.17, 15) is 14.7 Å². The molecule has 0 fully saturated rings. The predicted molar refractivity (Wildman–Crippen MR) is 138 cm³/mol. The lowest BCUT2D eigenvalue weighted by Gasteiger charge is -2.27. The number of nitrogens with zero attached hydrogens (tertiary/aromatic N) is 1. The minimum atomic E-state index is -1.09. The Bertz CT molecular complexity index is 1270. The second-order valence-corrected chi connectivity index (χ2v) is 9.23. The van der Waals surface area contributed by atoms with E-state index in [-0.39, 0.29) is 30.4 Å². The molecule has 9 nitrogen and oxygen atoms in total. The number of aliphatic hydroxyl groups is 1. The van der Waals surface area contributed by atoms with Gasteiger partial charge in [0.05, 0.1) is 30.6 Å². The third-order valence-corrected chi connectivity index (χ3v) is 6.01. The number of anilines is 1. The van der Waals surface area contributed by atoms with Gasteiger partial charge in [0.2, 0.25) is 0 Å². The minimum Gasteiger partial charge on any atom is -0.493 e. The number of nitrogens with one attached hydrogen (secondary N) is 1. The topological polar surface area (TPSA) is 144 Å². The maximum atomic E-state index is 12.9. The molecule has 0 saturated heterocycles. The first-order valence-corrected chi connectivity index (χ1v) is 11.7. The Morgan fingerprint density at radius 1 is 1.17 bits per heavy atom. The first kappa shape index (κ1) is 26.7. The number of aryl methyl sites for hydroxylation is 2. The van der Waals surface area contributed by atoms with Gasteiger partial charge in [0, 0.05) is 16.5 Å². The van der Waals surface area contributed by atoms with Crippen molar-refractivity contribution in [3.8, 4) is 11.5 Å². The summed E-state index contributed by atoms with van der Waals surface area (Å²) < 4.78 is 10.7. The minimum absolute atomic E-state index is 0.0331. The average molecular weight is 496 g/mol. The fourth-order valence-electron chi connectivity index (χ4n) is 4.27. The number of aromatic carboxylic acids is 1. The van der Waals surface area contributed by atoms with Gasteiger partial charge in [-0.15, -0.1) is 0 Å². The number of pyridine rings is 1. The Morgan fingerprint density at radius 3 is 2.58 bits per heavy atom. The van der Waals surface area contributed by atoms with Gasteiger partial charge in [-0.1, -0.05) is 12.1 Å². The molecule has 0 unspecified atom stereocenters. The number of rotatable bonds is 11. The van der Waals surface area contributed by atoms with E-state index in [0.29, 0.717) is 46.5 Å². The van der Waals surface area contributed by atoms with E-state index in [0.717, 1.165) is 12.0 Å². The first-order chi connectivity index (χ1) is 17.1. The van der Waals surface area contributed by atoms with E-state index < -0.39 is 11.5 Å². The number of aliphatic hydroxyl groups excluding tert-OH is 1. The van der Waals surface area contributed by atoms with E-state index in [1.165, 1.54) is 7.11 Å². The van der Waals surface area contributed by atoms with Crippen molar-refractivity contribution in [2.24, 2.45) is 0 Å².